The minimum Gasteiger partial charge on any atom is -0.384 e. The topological polar surface area (TPSA) is 20.2 Å². The smallest absolute Gasteiger partial charge is 0.105 e. The highest BCUT2D eigenvalue weighted by Gasteiger charge is 2.17. The van der Waals surface area contributed by atoms with Gasteiger partial charge in [-0.3, -0.25) is 0 Å². The standard InChI is InChI=1S/C15H13BrCl2O/c1-8-6-14(18)9(2)5-11(8)15(19)12-7-10(17)3-4-13(12)16/h3-7,15,19H,1-2H3. The van der Waals surface area contributed by atoms with Gasteiger partial charge in [-0.25, -0.2) is 0 Å². The normalized spacial score (nSPS) is 12.5. The molecule has 19 heavy (non-hydrogen) atoms. The molecule has 1 unspecified atom stereocenters. The van der Waals surface area contributed by atoms with Crippen molar-refractivity contribution >= 4 is 39.1 Å². The van der Waals surface area contributed by atoms with Crippen LogP contribution in [0.15, 0.2) is 34.8 Å². The Balaban J connectivity index is 2.52. The molecule has 0 saturated carbocycles. The number of benzene rings is 2. The van der Waals surface area contributed by atoms with E-state index in [0.717, 1.165) is 26.7 Å². The van der Waals surface area contributed by atoms with Crippen molar-refractivity contribution in [1.29, 1.82) is 0 Å². The van der Waals surface area contributed by atoms with Gasteiger partial charge in [0.15, 0.2) is 0 Å². The van der Waals surface area contributed by atoms with Crippen molar-refractivity contribution in [2.24, 2.45) is 0 Å². The molecule has 0 aliphatic carbocycles. The zero-order valence-corrected chi connectivity index (χ0v) is 13.6. The Morgan fingerprint density at radius 3 is 2.37 bits per heavy atom. The third kappa shape index (κ3) is 3.14. The molecule has 0 saturated heterocycles. The molecule has 0 spiro atoms. The molecule has 1 N–H and O–H groups in total. The molecule has 4 heteroatoms. The molecule has 2 rings (SSSR count). The highest BCUT2D eigenvalue weighted by Crippen LogP contribution is 2.34. The number of hydrogen-bond donors (Lipinski definition) is 1. The Morgan fingerprint density at radius 2 is 1.68 bits per heavy atom. The summed E-state index contributed by atoms with van der Waals surface area (Å²) in [6.45, 7) is 3.85. The second-order valence-electron chi connectivity index (χ2n) is 4.53. The number of halogens is 3. The van der Waals surface area contributed by atoms with Crippen molar-refractivity contribution in [2.75, 3.05) is 0 Å². The number of rotatable bonds is 2. The Hall–Kier alpha value is -0.540. The van der Waals surface area contributed by atoms with E-state index < -0.39 is 6.10 Å². The molecule has 0 fully saturated rings. The molecular formula is C15H13BrCl2O. The first-order chi connectivity index (χ1) is 8.90. The second kappa shape index (κ2) is 5.84. The van der Waals surface area contributed by atoms with Crippen molar-refractivity contribution in [3.63, 3.8) is 0 Å². The molecule has 1 atom stereocenters. The third-order valence-electron chi connectivity index (χ3n) is 3.09. The Bertz CT molecular complexity index is 626. The molecule has 2 aromatic rings. The van der Waals surface area contributed by atoms with Gasteiger partial charge in [0, 0.05) is 20.1 Å². The van der Waals surface area contributed by atoms with E-state index in [1.165, 1.54) is 0 Å². The molecule has 100 valence electrons. The van der Waals surface area contributed by atoms with Gasteiger partial charge in [0.2, 0.25) is 0 Å². The maximum absolute atomic E-state index is 10.6. The van der Waals surface area contributed by atoms with Crippen LogP contribution in [0.5, 0.6) is 0 Å². The Morgan fingerprint density at radius 1 is 1.00 bits per heavy atom. The molecule has 2 aromatic carbocycles. The van der Waals surface area contributed by atoms with Crippen LogP contribution in [-0.2, 0) is 0 Å². The SMILES string of the molecule is Cc1cc(C(O)c2cc(Cl)ccc2Br)c(C)cc1Cl. The lowest BCUT2D eigenvalue weighted by molar-refractivity contribution is 0.218. The van der Waals surface area contributed by atoms with E-state index >= 15 is 0 Å². The van der Waals surface area contributed by atoms with E-state index in [-0.39, 0.29) is 0 Å². The maximum Gasteiger partial charge on any atom is 0.105 e. The van der Waals surface area contributed by atoms with E-state index in [4.69, 9.17) is 23.2 Å². The van der Waals surface area contributed by atoms with Gasteiger partial charge >= 0.3 is 0 Å². The van der Waals surface area contributed by atoms with Crippen molar-refractivity contribution in [3.8, 4) is 0 Å². The van der Waals surface area contributed by atoms with Crippen LogP contribution in [0.25, 0.3) is 0 Å². The Labute approximate surface area is 131 Å². The summed E-state index contributed by atoms with van der Waals surface area (Å²) in [4.78, 5) is 0. The molecule has 0 amide bonds. The largest absolute Gasteiger partial charge is 0.384 e. The fraction of sp³-hybridized carbons (Fsp3) is 0.200. The molecule has 0 bridgehead atoms. The fourth-order valence-electron chi connectivity index (χ4n) is 1.99. The van der Waals surface area contributed by atoms with Crippen LogP contribution in [0.4, 0.5) is 0 Å². The molecule has 0 aliphatic rings. The van der Waals surface area contributed by atoms with Crippen LogP contribution in [0.3, 0.4) is 0 Å². The highest BCUT2D eigenvalue weighted by molar-refractivity contribution is 9.10. The van der Waals surface area contributed by atoms with E-state index in [9.17, 15) is 5.11 Å². The summed E-state index contributed by atoms with van der Waals surface area (Å²) in [5.74, 6) is 0. The zero-order chi connectivity index (χ0) is 14.2. The molecule has 1 nitrogen and oxygen atoms in total. The van der Waals surface area contributed by atoms with E-state index in [1.54, 1.807) is 12.1 Å². The third-order valence-corrected chi connectivity index (χ3v) is 4.46. The first-order valence-corrected chi connectivity index (χ1v) is 7.34. The van der Waals surface area contributed by atoms with Gasteiger partial charge in [-0.1, -0.05) is 45.2 Å². The van der Waals surface area contributed by atoms with Crippen LogP contribution in [0.2, 0.25) is 10.0 Å². The van der Waals surface area contributed by atoms with Gasteiger partial charge in [0.25, 0.3) is 0 Å². The lowest BCUT2D eigenvalue weighted by Crippen LogP contribution is -2.04. The summed E-state index contributed by atoms with van der Waals surface area (Å²) in [7, 11) is 0. The van der Waals surface area contributed by atoms with Crippen LogP contribution < -0.4 is 0 Å². The van der Waals surface area contributed by atoms with Gasteiger partial charge in [0.1, 0.15) is 6.10 Å². The van der Waals surface area contributed by atoms with Crippen molar-refractivity contribution in [1.82, 2.24) is 0 Å². The van der Waals surface area contributed by atoms with Gasteiger partial charge < -0.3 is 5.11 Å². The summed E-state index contributed by atoms with van der Waals surface area (Å²) >= 11 is 15.5. The van der Waals surface area contributed by atoms with E-state index in [0.29, 0.717) is 10.0 Å². The second-order valence-corrected chi connectivity index (χ2v) is 6.22. The average Bonchev–Trinajstić information content (AvgIpc) is 2.36. The predicted molar refractivity (Wildman–Crippen MR) is 84.1 cm³/mol. The summed E-state index contributed by atoms with van der Waals surface area (Å²) in [5, 5.41) is 11.9. The maximum atomic E-state index is 10.6. The summed E-state index contributed by atoms with van der Waals surface area (Å²) in [6, 6.07) is 9.16. The molecular weight excluding hydrogens is 347 g/mol. The van der Waals surface area contributed by atoms with Crippen LogP contribution in [0.1, 0.15) is 28.4 Å². The minimum absolute atomic E-state index is 0.598. The first-order valence-electron chi connectivity index (χ1n) is 5.80. The lowest BCUT2D eigenvalue weighted by Gasteiger charge is -2.17. The number of aliphatic hydroxyl groups excluding tert-OH is 1. The monoisotopic (exact) mass is 358 g/mol. The minimum atomic E-state index is -0.732. The van der Waals surface area contributed by atoms with E-state index in [1.807, 2.05) is 32.0 Å². The van der Waals surface area contributed by atoms with Crippen LogP contribution in [0, 0.1) is 13.8 Å². The van der Waals surface area contributed by atoms with Crippen LogP contribution in [-0.4, -0.2) is 5.11 Å². The van der Waals surface area contributed by atoms with Gasteiger partial charge in [-0.2, -0.15) is 0 Å². The molecule has 0 aromatic heterocycles. The zero-order valence-electron chi connectivity index (χ0n) is 10.5. The van der Waals surface area contributed by atoms with Gasteiger partial charge in [-0.05, 0) is 54.8 Å². The summed E-state index contributed by atoms with van der Waals surface area (Å²) in [5.41, 5.74) is 3.48. The summed E-state index contributed by atoms with van der Waals surface area (Å²) < 4.78 is 0.830. The van der Waals surface area contributed by atoms with Crippen LogP contribution >= 0.6 is 39.1 Å². The molecule has 0 aliphatic heterocycles. The van der Waals surface area contributed by atoms with Crippen molar-refractivity contribution < 1.29 is 5.11 Å². The Kier molecular flexibility index (Phi) is 4.57. The van der Waals surface area contributed by atoms with Crippen molar-refractivity contribution in [3.05, 3.63) is 67.1 Å². The fourth-order valence-corrected chi connectivity index (χ4v) is 2.85. The lowest BCUT2D eigenvalue weighted by atomic mass is 9.96. The quantitative estimate of drug-likeness (QED) is 0.755. The molecule has 0 heterocycles. The number of hydrogen-bond acceptors (Lipinski definition) is 1. The predicted octanol–water partition coefficient (Wildman–Crippen LogP) is 5.45. The van der Waals surface area contributed by atoms with Gasteiger partial charge in [0.05, 0.1) is 0 Å². The highest BCUT2D eigenvalue weighted by atomic mass is 79.9. The first kappa shape index (κ1) is 14.9. The average molecular weight is 360 g/mol. The van der Waals surface area contributed by atoms with Gasteiger partial charge in [-0.15, -0.1) is 0 Å². The number of aryl methyl sites for hydroxylation is 2. The van der Waals surface area contributed by atoms with Crippen molar-refractivity contribution in [2.45, 2.75) is 20.0 Å². The summed E-state index contributed by atoms with van der Waals surface area (Å²) in [6.07, 6.45) is -0.732. The van der Waals surface area contributed by atoms with E-state index in [2.05, 4.69) is 15.9 Å². The number of aliphatic hydroxyl groups is 1. The molecule has 0 radical (unpaired) electrons.